The molecule has 5 nitrogen and oxygen atoms in total. The van der Waals surface area contributed by atoms with Crippen LogP contribution < -0.4 is 10.1 Å². The number of nitrogens with one attached hydrogen (secondary N) is 2. The van der Waals surface area contributed by atoms with Crippen LogP contribution in [0.25, 0.3) is 22.0 Å². The fourth-order valence-corrected chi connectivity index (χ4v) is 3.34. The molecule has 0 spiro atoms. The number of ether oxygens (including phenoxy) is 2. The largest absolute Gasteiger partial charge is 0.460 e. The minimum atomic E-state index is -0.560. The van der Waals surface area contributed by atoms with Gasteiger partial charge in [-0.05, 0) is 88.1 Å². The first-order valence-electron chi connectivity index (χ1n) is 10.8. The van der Waals surface area contributed by atoms with Gasteiger partial charge in [-0.15, -0.1) is 0 Å². The Morgan fingerprint density at radius 1 is 1.16 bits per heavy atom. The molecule has 3 rings (SSSR count). The average Bonchev–Trinajstić information content (AvgIpc) is 3.13. The number of aromatic amines is 1. The molecular formula is C26H31FN2O3. The summed E-state index contributed by atoms with van der Waals surface area (Å²) >= 11 is 0. The smallest absolute Gasteiger partial charge is 0.408 e. The van der Waals surface area contributed by atoms with Gasteiger partial charge in [-0.25, -0.2) is 9.18 Å². The van der Waals surface area contributed by atoms with Crippen molar-refractivity contribution in [2.24, 2.45) is 0 Å². The number of H-pyrrole nitrogens is 1. The van der Waals surface area contributed by atoms with Gasteiger partial charge in [0, 0.05) is 22.7 Å². The Kier molecular flexibility index (Phi) is 6.92. The van der Waals surface area contributed by atoms with E-state index in [2.05, 4.69) is 10.3 Å². The zero-order valence-corrected chi connectivity index (χ0v) is 19.6. The molecule has 6 heteroatoms. The number of aryl methyl sites for hydroxylation is 1. The summed E-state index contributed by atoms with van der Waals surface area (Å²) in [4.78, 5) is 15.2. The highest BCUT2D eigenvalue weighted by atomic mass is 19.1. The van der Waals surface area contributed by atoms with Gasteiger partial charge >= 0.3 is 6.09 Å². The fourth-order valence-electron chi connectivity index (χ4n) is 3.34. The van der Waals surface area contributed by atoms with E-state index in [0.29, 0.717) is 11.5 Å². The first kappa shape index (κ1) is 23.4. The lowest BCUT2D eigenvalue weighted by Gasteiger charge is -2.21. The van der Waals surface area contributed by atoms with Crippen molar-refractivity contribution in [2.45, 2.75) is 53.6 Å². The number of alkyl carbamates (subject to hydrolysis) is 1. The average molecular weight is 439 g/mol. The summed E-state index contributed by atoms with van der Waals surface area (Å²) in [5.74, 6) is 1.14. The van der Waals surface area contributed by atoms with Crippen LogP contribution in [-0.2, 0) is 4.74 Å². The van der Waals surface area contributed by atoms with E-state index in [1.807, 2.05) is 65.9 Å². The van der Waals surface area contributed by atoms with Crippen molar-refractivity contribution in [2.75, 3.05) is 6.54 Å². The van der Waals surface area contributed by atoms with E-state index in [1.54, 1.807) is 6.07 Å². The molecule has 0 radical (unpaired) electrons. The first-order valence-corrected chi connectivity index (χ1v) is 10.8. The molecule has 0 aliphatic rings. The van der Waals surface area contributed by atoms with E-state index < -0.39 is 11.7 Å². The summed E-state index contributed by atoms with van der Waals surface area (Å²) in [6.07, 6.45) is 2.20. The van der Waals surface area contributed by atoms with E-state index in [-0.39, 0.29) is 12.4 Å². The number of hydrogen-bond acceptors (Lipinski definition) is 3. The van der Waals surface area contributed by atoms with Crippen molar-refractivity contribution in [3.8, 4) is 16.9 Å². The predicted octanol–water partition coefficient (Wildman–Crippen LogP) is 6.87. The lowest BCUT2D eigenvalue weighted by Crippen LogP contribution is -2.34. The molecule has 0 aliphatic heterocycles. The third-order valence-corrected chi connectivity index (χ3v) is 5.16. The molecule has 0 aliphatic carbocycles. The number of fused-ring (bicyclic) bond motifs is 1. The van der Waals surface area contributed by atoms with Crippen molar-refractivity contribution in [3.63, 3.8) is 0 Å². The molecule has 32 heavy (non-hydrogen) atoms. The van der Waals surface area contributed by atoms with Crippen molar-refractivity contribution in [1.82, 2.24) is 10.3 Å². The van der Waals surface area contributed by atoms with Crippen LogP contribution in [0, 0.1) is 12.7 Å². The molecule has 2 N–H and O–H groups in total. The van der Waals surface area contributed by atoms with Crippen LogP contribution in [0.1, 0.15) is 46.6 Å². The molecule has 0 unspecified atom stereocenters. The van der Waals surface area contributed by atoms with Crippen molar-refractivity contribution < 1.29 is 18.7 Å². The molecule has 0 saturated heterocycles. The van der Waals surface area contributed by atoms with Gasteiger partial charge in [0.2, 0.25) is 0 Å². The first-order chi connectivity index (χ1) is 15.1. The van der Waals surface area contributed by atoms with Crippen LogP contribution in [0.2, 0.25) is 0 Å². The Hall–Kier alpha value is -3.28. The number of rotatable bonds is 6. The predicted molar refractivity (Wildman–Crippen MR) is 126 cm³/mol. The highest BCUT2D eigenvalue weighted by Crippen LogP contribution is 2.32. The van der Waals surface area contributed by atoms with Crippen molar-refractivity contribution in [3.05, 3.63) is 65.3 Å². The molecule has 0 bridgehead atoms. The number of hydrogen-bond donors (Lipinski definition) is 2. The van der Waals surface area contributed by atoms with Gasteiger partial charge in [0.05, 0.1) is 6.54 Å². The van der Waals surface area contributed by atoms with Crippen LogP contribution in [0.15, 0.2) is 53.9 Å². The zero-order chi connectivity index (χ0) is 23.5. The van der Waals surface area contributed by atoms with E-state index in [0.717, 1.165) is 39.6 Å². The number of amides is 1. The molecule has 1 aromatic heterocycles. The van der Waals surface area contributed by atoms with Crippen LogP contribution >= 0.6 is 0 Å². The minimum absolute atomic E-state index is 0.240. The maximum absolute atomic E-state index is 13.5. The van der Waals surface area contributed by atoms with Crippen molar-refractivity contribution in [1.29, 1.82) is 0 Å². The minimum Gasteiger partial charge on any atom is -0.460 e. The highest BCUT2D eigenvalue weighted by molar-refractivity contribution is 5.95. The van der Waals surface area contributed by atoms with Gasteiger partial charge in [0.25, 0.3) is 0 Å². The number of halogens is 1. The molecule has 1 amide bonds. The molecule has 0 atom stereocenters. The Balaban J connectivity index is 1.80. The molecule has 1 heterocycles. The van der Waals surface area contributed by atoms with E-state index >= 15 is 0 Å². The molecule has 170 valence electrons. The van der Waals surface area contributed by atoms with Gasteiger partial charge in [-0.2, -0.15) is 0 Å². The summed E-state index contributed by atoms with van der Waals surface area (Å²) in [6.45, 7) is 11.7. The Morgan fingerprint density at radius 3 is 2.56 bits per heavy atom. The summed E-state index contributed by atoms with van der Waals surface area (Å²) in [6, 6.07) is 10.7. The van der Waals surface area contributed by atoms with Crippen LogP contribution in [-0.4, -0.2) is 23.2 Å². The maximum atomic E-state index is 13.5. The molecule has 0 saturated carbocycles. The monoisotopic (exact) mass is 438 g/mol. The fraction of sp³-hybridized carbons (Fsp3) is 0.346. The van der Waals surface area contributed by atoms with E-state index in [4.69, 9.17) is 9.47 Å². The van der Waals surface area contributed by atoms with Gasteiger partial charge < -0.3 is 19.8 Å². The number of aromatic nitrogens is 1. The quantitative estimate of drug-likeness (QED) is 0.413. The Morgan fingerprint density at radius 2 is 1.91 bits per heavy atom. The Labute approximate surface area is 188 Å². The van der Waals surface area contributed by atoms with Crippen molar-refractivity contribution >= 4 is 17.0 Å². The second-order valence-corrected chi connectivity index (χ2v) is 8.89. The summed E-state index contributed by atoms with van der Waals surface area (Å²) in [5.41, 5.74) is 4.21. The van der Waals surface area contributed by atoms with Crippen LogP contribution in [0.4, 0.5) is 9.18 Å². The molecular weight excluding hydrogens is 407 g/mol. The summed E-state index contributed by atoms with van der Waals surface area (Å²) in [5, 5.41) is 3.74. The second-order valence-electron chi connectivity index (χ2n) is 8.89. The standard InChI is InChI=1S/C26H31FN2O3/c1-7-16(2)24(15-29-25(30)32-26(4,5)6)31-23-11-8-18(12-17(23)3)21-14-28-22-13-19(27)9-10-20(21)22/h8-14,28H,7,15H2,1-6H3,(H,29,30)/b24-16+. The van der Waals surface area contributed by atoms with E-state index in [1.165, 1.54) is 12.1 Å². The topological polar surface area (TPSA) is 63.4 Å². The number of carbonyl (C=O) groups is 1. The molecule has 2 aromatic carbocycles. The van der Waals surface area contributed by atoms with E-state index in [9.17, 15) is 9.18 Å². The zero-order valence-electron chi connectivity index (χ0n) is 19.6. The third kappa shape index (κ3) is 5.69. The number of allylic oxidation sites excluding steroid dienone is 1. The number of carbonyl (C=O) groups excluding carboxylic acids is 1. The highest BCUT2D eigenvalue weighted by Gasteiger charge is 2.17. The SMILES string of the molecule is CC/C(C)=C(\CNC(=O)OC(C)(C)C)Oc1ccc(-c2c[nH]c3cc(F)ccc23)cc1C. The Bertz CT molecular complexity index is 1160. The third-order valence-electron chi connectivity index (χ3n) is 5.16. The van der Waals surface area contributed by atoms with Crippen LogP contribution in [0.3, 0.4) is 0 Å². The lowest BCUT2D eigenvalue weighted by molar-refractivity contribution is 0.0527. The summed E-state index contributed by atoms with van der Waals surface area (Å²) < 4.78 is 25.0. The summed E-state index contributed by atoms with van der Waals surface area (Å²) in [7, 11) is 0. The second kappa shape index (κ2) is 9.47. The lowest BCUT2D eigenvalue weighted by atomic mass is 10.0. The number of benzene rings is 2. The van der Waals surface area contributed by atoms with Crippen LogP contribution in [0.5, 0.6) is 5.75 Å². The van der Waals surface area contributed by atoms with Gasteiger partial charge in [0.1, 0.15) is 22.9 Å². The molecule has 3 aromatic rings. The normalized spacial score (nSPS) is 12.5. The van der Waals surface area contributed by atoms with Gasteiger partial charge in [-0.3, -0.25) is 0 Å². The van der Waals surface area contributed by atoms with Gasteiger partial charge in [-0.1, -0.05) is 13.0 Å². The molecule has 0 fully saturated rings. The van der Waals surface area contributed by atoms with Gasteiger partial charge in [0.15, 0.2) is 0 Å². The maximum Gasteiger partial charge on any atom is 0.408 e.